The lowest BCUT2D eigenvalue weighted by atomic mass is 9.86. The maximum atomic E-state index is 13.4. The topological polar surface area (TPSA) is 67.6 Å². The number of hydrogen-bond donors (Lipinski definition) is 0. The van der Waals surface area contributed by atoms with Crippen molar-refractivity contribution < 1.29 is 18.8 Å². The molecule has 0 saturated heterocycles. The van der Waals surface area contributed by atoms with Gasteiger partial charge in [0, 0.05) is 37.6 Å². The van der Waals surface area contributed by atoms with Gasteiger partial charge in [-0.15, -0.1) is 0 Å². The van der Waals surface area contributed by atoms with Crippen molar-refractivity contribution in [2.75, 3.05) is 11.9 Å². The van der Waals surface area contributed by atoms with Crippen molar-refractivity contribution in [2.45, 2.75) is 128 Å². The number of hydrogen-bond acceptors (Lipinski definition) is 4. The second-order valence-electron chi connectivity index (χ2n) is 14.4. The number of furan rings is 1. The number of carbonyl (C=O) groups is 3. The van der Waals surface area contributed by atoms with E-state index in [2.05, 4.69) is 37.3 Å². The van der Waals surface area contributed by atoms with Gasteiger partial charge in [-0.25, -0.2) is 0 Å². The third-order valence-electron chi connectivity index (χ3n) is 10.9. The number of Topliss-reactive ketones (excluding diaryl/α,β-unsaturated/α-hetero) is 2. The first kappa shape index (κ1) is 34.9. The van der Waals surface area contributed by atoms with Crippen LogP contribution in [0.1, 0.15) is 153 Å². The van der Waals surface area contributed by atoms with Crippen LogP contribution in [0.4, 0.5) is 5.69 Å². The summed E-state index contributed by atoms with van der Waals surface area (Å²) in [5.74, 6) is 2.41. The molecule has 2 saturated carbocycles. The Morgan fingerprint density at radius 1 is 0.830 bits per heavy atom. The fourth-order valence-electron chi connectivity index (χ4n) is 8.13. The summed E-state index contributed by atoms with van der Waals surface area (Å²) in [4.78, 5) is 40.4. The second kappa shape index (κ2) is 17.6. The lowest BCUT2D eigenvalue weighted by molar-refractivity contribution is -0.119. The van der Waals surface area contributed by atoms with Gasteiger partial charge in [0.15, 0.2) is 11.5 Å². The lowest BCUT2D eigenvalue weighted by Gasteiger charge is -2.24. The molecule has 2 aromatic carbocycles. The molecule has 1 heterocycles. The van der Waals surface area contributed by atoms with Crippen LogP contribution < -0.4 is 4.90 Å². The minimum absolute atomic E-state index is 0.179. The van der Waals surface area contributed by atoms with E-state index in [1.54, 1.807) is 17.0 Å². The summed E-state index contributed by atoms with van der Waals surface area (Å²) in [5, 5.41) is 0. The molecule has 0 N–H and O–H groups in total. The highest BCUT2D eigenvalue weighted by molar-refractivity contribution is 6.05. The van der Waals surface area contributed by atoms with Crippen molar-refractivity contribution in [1.82, 2.24) is 0 Å². The molecule has 2 aliphatic carbocycles. The Bertz CT molecular complexity index is 1460. The van der Waals surface area contributed by atoms with E-state index >= 15 is 0 Å². The average Bonchev–Trinajstić information content (AvgIpc) is 3.57. The zero-order valence-corrected chi connectivity index (χ0v) is 28.8. The van der Waals surface area contributed by atoms with Crippen LogP contribution in [-0.4, -0.2) is 24.5 Å². The van der Waals surface area contributed by atoms with Gasteiger partial charge in [-0.1, -0.05) is 88.5 Å². The van der Waals surface area contributed by atoms with Crippen LogP contribution in [0.25, 0.3) is 0 Å². The molecule has 0 aliphatic heterocycles. The number of nitrogens with zero attached hydrogens (tertiary/aromatic N) is 1. The Hall–Kier alpha value is -3.47. The first-order valence-corrected chi connectivity index (χ1v) is 18.4. The Morgan fingerprint density at radius 3 is 2.43 bits per heavy atom. The zero-order chi connectivity index (χ0) is 33.0. The Labute approximate surface area is 282 Å². The molecule has 2 aliphatic rings. The van der Waals surface area contributed by atoms with Gasteiger partial charge in [-0.05, 0) is 104 Å². The first-order valence-electron chi connectivity index (χ1n) is 18.4. The minimum atomic E-state index is -0.179. The van der Waals surface area contributed by atoms with Crippen LogP contribution in [0.2, 0.25) is 0 Å². The third kappa shape index (κ3) is 10.0. The molecule has 3 atom stereocenters. The van der Waals surface area contributed by atoms with Gasteiger partial charge in [0.2, 0.25) is 0 Å². The van der Waals surface area contributed by atoms with Gasteiger partial charge >= 0.3 is 0 Å². The molecule has 2 fully saturated rings. The summed E-state index contributed by atoms with van der Waals surface area (Å²) in [6.45, 7) is 2.24. The lowest BCUT2D eigenvalue weighted by Crippen LogP contribution is -2.27. The standard InChI is InChI=1S/C42H55NO4/c1-31-14-6-11-22-38(31)34-19-9-7-16-32(18-12-20-34)28-36-30-35(25-26-39(36)43(2)42(46)41-24-13-27-47-41)40(45)23-5-3-4-15-33-17-8-10-21-37(44)29-33/h6,11,13-14,22,24-27,30,32-34H,3-5,7-10,12,15-21,23,28-29H2,1-2H3. The van der Waals surface area contributed by atoms with E-state index in [9.17, 15) is 14.4 Å². The molecule has 1 aromatic heterocycles. The first-order chi connectivity index (χ1) is 22.9. The minimum Gasteiger partial charge on any atom is -0.459 e. The smallest absolute Gasteiger partial charge is 0.293 e. The molecular weight excluding hydrogens is 582 g/mol. The normalized spacial score (nSPS) is 20.9. The van der Waals surface area contributed by atoms with Crippen LogP contribution in [0.5, 0.6) is 0 Å². The van der Waals surface area contributed by atoms with E-state index in [4.69, 9.17) is 4.42 Å². The molecule has 252 valence electrons. The number of carbonyl (C=O) groups excluding carboxylic acids is 3. The second-order valence-corrected chi connectivity index (χ2v) is 14.4. The van der Waals surface area contributed by atoms with E-state index < -0.39 is 0 Å². The van der Waals surface area contributed by atoms with Crippen molar-refractivity contribution in [3.8, 4) is 0 Å². The number of benzene rings is 2. The fourth-order valence-corrected chi connectivity index (χ4v) is 8.13. The van der Waals surface area contributed by atoms with Crippen LogP contribution in [0.3, 0.4) is 0 Å². The highest BCUT2D eigenvalue weighted by Crippen LogP contribution is 2.36. The summed E-state index contributed by atoms with van der Waals surface area (Å²) in [7, 11) is 1.81. The van der Waals surface area contributed by atoms with E-state index in [0.29, 0.717) is 35.7 Å². The number of rotatable bonds is 12. The molecule has 0 radical (unpaired) electrons. The highest BCUT2D eigenvalue weighted by Gasteiger charge is 2.24. The highest BCUT2D eigenvalue weighted by atomic mass is 16.3. The molecule has 5 rings (SSSR count). The molecule has 1 amide bonds. The summed E-state index contributed by atoms with van der Waals surface area (Å²) < 4.78 is 5.44. The van der Waals surface area contributed by atoms with Gasteiger partial charge in [-0.3, -0.25) is 14.4 Å². The molecule has 3 aromatic rings. The maximum absolute atomic E-state index is 13.4. The largest absolute Gasteiger partial charge is 0.459 e. The van der Waals surface area contributed by atoms with E-state index in [-0.39, 0.29) is 11.7 Å². The van der Waals surface area contributed by atoms with Crippen molar-refractivity contribution >= 4 is 23.2 Å². The molecule has 0 spiro atoms. The van der Waals surface area contributed by atoms with Crippen LogP contribution >= 0.6 is 0 Å². The van der Waals surface area contributed by atoms with E-state index in [1.807, 2.05) is 19.2 Å². The molecule has 5 nitrogen and oxygen atoms in total. The average molecular weight is 638 g/mol. The third-order valence-corrected chi connectivity index (χ3v) is 10.9. The molecule has 3 unspecified atom stereocenters. The SMILES string of the molecule is Cc1ccccc1C1CCCCC(Cc2cc(C(=O)CCCCCC3CCCCC(=O)C3)ccc2N(C)C(=O)c2ccco2)CCC1. The number of anilines is 1. The van der Waals surface area contributed by atoms with Crippen molar-refractivity contribution in [2.24, 2.45) is 11.8 Å². The van der Waals surface area contributed by atoms with E-state index in [1.165, 1.54) is 68.8 Å². The number of amides is 1. The number of unbranched alkanes of at least 4 members (excludes halogenated alkanes) is 2. The predicted molar refractivity (Wildman–Crippen MR) is 190 cm³/mol. The Balaban J connectivity index is 1.24. The Kier molecular flexibility index (Phi) is 13.1. The number of aryl methyl sites for hydroxylation is 1. The Morgan fingerprint density at radius 2 is 1.60 bits per heavy atom. The van der Waals surface area contributed by atoms with E-state index in [0.717, 1.165) is 74.6 Å². The van der Waals surface area contributed by atoms with Crippen LogP contribution in [0, 0.1) is 18.8 Å². The maximum Gasteiger partial charge on any atom is 0.293 e. The summed E-state index contributed by atoms with van der Waals surface area (Å²) in [6, 6.07) is 18.3. The van der Waals surface area contributed by atoms with Gasteiger partial charge in [0.1, 0.15) is 5.78 Å². The van der Waals surface area contributed by atoms with Gasteiger partial charge in [-0.2, -0.15) is 0 Å². The summed E-state index contributed by atoms with van der Waals surface area (Å²) in [5.41, 5.74) is 5.60. The quantitative estimate of drug-likeness (QED) is 0.113. The van der Waals surface area contributed by atoms with Gasteiger partial charge in [0.05, 0.1) is 6.26 Å². The summed E-state index contributed by atoms with van der Waals surface area (Å²) in [6.07, 6.45) is 20.3. The van der Waals surface area contributed by atoms with Crippen LogP contribution in [0.15, 0.2) is 65.3 Å². The van der Waals surface area contributed by atoms with Crippen molar-refractivity contribution in [1.29, 1.82) is 0 Å². The molecule has 0 bridgehead atoms. The molecular formula is C42H55NO4. The van der Waals surface area contributed by atoms with Crippen molar-refractivity contribution in [3.05, 3.63) is 88.9 Å². The predicted octanol–water partition coefficient (Wildman–Crippen LogP) is 10.8. The zero-order valence-electron chi connectivity index (χ0n) is 28.8. The number of ketones is 2. The van der Waals surface area contributed by atoms with Gasteiger partial charge < -0.3 is 9.32 Å². The van der Waals surface area contributed by atoms with Crippen LogP contribution in [-0.2, 0) is 11.2 Å². The van der Waals surface area contributed by atoms with Crippen molar-refractivity contribution in [3.63, 3.8) is 0 Å². The fraction of sp³-hybridized carbons (Fsp3) is 0.548. The van der Waals surface area contributed by atoms with Gasteiger partial charge in [0.25, 0.3) is 5.91 Å². The molecule has 47 heavy (non-hydrogen) atoms. The molecule has 5 heteroatoms. The summed E-state index contributed by atoms with van der Waals surface area (Å²) >= 11 is 0. The monoisotopic (exact) mass is 637 g/mol.